The summed E-state index contributed by atoms with van der Waals surface area (Å²) in [7, 11) is 0. The summed E-state index contributed by atoms with van der Waals surface area (Å²) in [5.41, 5.74) is 0. The molecule has 0 aliphatic heterocycles. The van der Waals surface area contributed by atoms with Gasteiger partial charge in [-0.15, -0.1) is 11.6 Å². The first-order valence-corrected chi connectivity index (χ1v) is 11.5. The second-order valence-corrected chi connectivity index (χ2v) is 9.46. The SMILES string of the molecule is CCCCCC(Cl)C(O)CC(Br)C(Br)CCCCCCCC(=O)O. The molecule has 0 amide bonds. The molecule has 0 aromatic heterocycles. The number of hydrogen-bond acceptors (Lipinski definition) is 2. The highest BCUT2D eigenvalue weighted by atomic mass is 79.9. The van der Waals surface area contributed by atoms with Gasteiger partial charge in [-0.3, -0.25) is 4.79 Å². The molecule has 0 aromatic carbocycles. The van der Waals surface area contributed by atoms with E-state index < -0.39 is 12.1 Å². The molecule has 0 aliphatic rings. The standard InChI is InChI=1S/C18H33Br2ClO3/c1-2-3-7-11-16(21)17(22)13-15(20)14(19)10-8-5-4-6-9-12-18(23)24/h14-17,22H,2-13H2,1H3,(H,23,24). The van der Waals surface area contributed by atoms with Gasteiger partial charge in [0.25, 0.3) is 0 Å². The summed E-state index contributed by atoms with van der Waals surface area (Å²) in [6.07, 6.45) is 10.9. The Morgan fingerprint density at radius 1 is 0.958 bits per heavy atom. The van der Waals surface area contributed by atoms with Crippen LogP contribution in [0.4, 0.5) is 0 Å². The maximum atomic E-state index is 10.4. The van der Waals surface area contributed by atoms with E-state index in [1.807, 2.05) is 0 Å². The van der Waals surface area contributed by atoms with Gasteiger partial charge in [-0.2, -0.15) is 0 Å². The Labute approximate surface area is 169 Å². The van der Waals surface area contributed by atoms with Crippen molar-refractivity contribution in [2.45, 2.75) is 105 Å². The summed E-state index contributed by atoms with van der Waals surface area (Å²) in [6.45, 7) is 2.16. The third-order valence-electron chi connectivity index (χ3n) is 4.23. The van der Waals surface area contributed by atoms with Crippen LogP contribution in [0.3, 0.4) is 0 Å². The molecular weight excluding hydrogens is 459 g/mol. The van der Waals surface area contributed by atoms with Gasteiger partial charge in [0.1, 0.15) is 0 Å². The number of aliphatic carboxylic acids is 1. The summed E-state index contributed by atoms with van der Waals surface area (Å²) in [4.78, 5) is 11.0. The van der Waals surface area contributed by atoms with Crippen molar-refractivity contribution in [2.24, 2.45) is 0 Å². The van der Waals surface area contributed by atoms with Crippen LogP contribution in [0.1, 0.15) is 84.0 Å². The number of carboxylic acids is 1. The van der Waals surface area contributed by atoms with Crippen LogP contribution in [0.5, 0.6) is 0 Å². The third kappa shape index (κ3) is 13.9. The van der Waals surface area contributed by atoms with E-state index in [2.05, 4.69) is 38.8 Å². The number of unbranched alkanes of at least 4 members (excludes halogenated alkanes) is 6. The predicted molar refractivity (Wildman–Crippen MR) is 110 cm³/mol. The minimum absolute atomic E-state index is 0.162. The van der Waals surface area contributed by atoms with Crippen molar-refractivity contribution in [3.8, 4) is 0 Å². The lowest BCUT2D eigenvalue weighted by molar-refractivity contribution is -0.137. The number of carboxylic acid groups (broad SMARTS) is 1. The fraction of sp³-hybridized carbons (Fsp3) is 0.944. The summed E-state index contributed by atoms with van der Waals surface area (Å²) < 4.78 is 0. The molecule has 24 heavy (non-hydrogen) atoms. The smallest absolute Gasteiger partial charge is 0.303 e. The molecule has 0 rings (SSSR count). The lowest BCUT2D eigenvalue weighted by Crippen LogP contribution is -2.28. The van der Waals surface area contributed by atoms with Gasteiger partial charge >= 0.3 is 5.97 Å². The molecule has 0 saturated heterocycles. The third-order valence-corrected chi connectivity index (χ3v) is 7.56. The highest BCUT2D eigenvalue weighted by Gasteiger charge is 2.23. The minimum Gasteiger partial charge on any atom is -0.481 e. The van der Waals surface area contributed by atoms with Crippen LogP contribution in [-0.2, 0) is 4.79 Å². The second-order valence-electron chi connectivity index (χ2n) is 6.55. The fourth-order valence-electron chi connectivity index (χ4n) is 2.63. The van der Waals surface area contributed by atoms with Crippen molar-refractivity contribution >= 4 is 49.4 Å². The Morgan fingerprint density at radius 3 is 2.17 bits per heavy atom. The summed E-state index contributed by atoms with van der Waals surface area (Å²) >= 11 is 13.7. The summed E-state index contributed by atoms with van der Waals surface area (Å²) in [6, 6.07) is 0. The molecule has 4 unspecified atom stereocenters. The van der Waals surface area contributed by atoms with E-state index in [0.29, 0.717) is 11.2 Å². The quantitative estimate of drug-likeness (QED) is 0.197. The molecule has 0 aliphatic carbocycles. The van der Waals surface area contributed by atoms with Crippen LogP contribution >= 0.6 is 43.5 Å². The number of alkyl halides is 3. The molecule has 0 fully saturated rings. The molecule has 0 aromatic rings. The van der Waals surface area contributed by atoms with Gasteiger partial charge in [0.05, 0.1) is 11.5 Å². The van der Waals surface area contributed by atoms with Crippen molar-refractivity contribution in [1.29, 1.82) is 0 Å². The van der Waals surface area contributed by atoms with Crippen LogP contribution < -0.4 is 0 Å². The normalized spacial score (nSPS) is 16.5. The number of aliphatic hydroxyl groups is 1. The Kier molecular flexibility index (Phi) is 16.3. The summed E-state index contributed by atoms with van der Waals surface area (Å²) in [5, 5.41) is 18.6. The van der Waals surface area contributed by atoms with Crippen LogP contribution in [0.2, 0.25) is 0 Å². The Balaban J connectivity index is 3.74. The first-order chi connectivity index (χ1) is 11.4. The average molecular weight is 493 g/mol. The van der Waals surface area contributed by atoms with E-state index in [-0.39, 0.29) is 16.6 Å². The van der Waals surface area contributed by atoms with Crippen molar-refractivity contribution in [2.75, 3.05) is 0 Å². The van der Waals surface area contributed by atoms with Crippen molar-refractivity contribution in [3.63, 3.8) is 0 Å². The number of rotatable bonds is 16. The Morgan fingerprint density at radius 2 is 1.54 bits per heavy atom. The number of halogens is 3. The number of carbonyl (C=O) groups is 1. The van der Waals surface area contributed by atoms with Gasteiger partial charge in [0.2, 0.25) is 0 Å². The van der Waals surface area contributed by atoms with Crippen LogP contribution in [-0.4, -0.2) is 37.3 Å². The highest BCUT2D eigenvalue weighted by Crippen LogP contribution is 2.27. The van der Waals surface area contributed by atoms with E-state index in [9.17, 15) is 9.90 Å². The Hall–Kier alpha value is 0.680. The van der Waals surface area contributed by atoms with Crippen LogP contribution in [0.15, 0.2) is 0 Å². The Bertz CT molecular complexity index is 319. The van der Waals surface area contributed by atoms with E-state index in [1.54, 1.807) is 0 Å². The summed E-state index contributed by atoms with van der Waals surface area (Å²) in [5.74, 6) is -0.705. The highest BCUT2D eigenvalue weighted by molar-refractivity contribution is 9.12. The average Bonchev–Trinajstić information content (AvgIpc) is 2.53. The topological polar surface area (TPSA) is 57.5 Å². The first-order valence-electron chi connectivity index (χ1n) is 9.20. The lowest BCUT2D eigenvalue weighted by atomic mass is 10.0. The van der Waals surface area contributed by atoms with Gasteiger partial charge in [0, 0.05) is 16.1 Å². The zero-order valence-corrected chi connectivity index (χ0v) is 18.7. The van der Waals surface area contributed by atoms with E-state index in [0.717, 1.165) is 51.4 Å². The monoisotopic (exact) mass is 490 g/mol. The van der Waals surface area contributed by atoms with E-state index in [1.165, 1.54) is 12.8 Å². The van der Waals surface area contributed by atoms with Crippen molar-refractivity contribution < 1.29 is 15.0 Å². The molecule has 6 heteroatoms. The van der Waals surface area contributed by atoms with E-state index in [4.69, 9.17) is 16.7 Å². The van der Waals surface area contributed by atoms with Crippen LogP contribution in [0, 0.1) is 0 Å². The predicted octanol–water partition coefficient (Wildman–Crippen LogP) is 6.27. The first kappa shape index (κ1) is 24.7. The minimum atomic E-state index is -0.705. The van der Waals surface area contributed by atoms with Crippen molar-refractivity contribution in [1.82, 2.24) is 0 Å². The molecular formula is C18H33Br2ClO3. The van der Waals surface area contributed by atoms with Gasteiger partial charge in [-0.05, 0) is 25.7 Å². The molecule has 3 nitrogen and oxygen atoms in total. The largest absolute Gasteiger partial charge is 0.481 e. The fourth-order valence-corrected chi connectivity index (χ4v) is 4.08. The molecule has 0 bridgehead atoms. The van der Waals surface area contributed by atoms with Crippen molar-refractivity contribution in [3.05, 3.63) is 0 Å². The number of aliphatic hydroxyl groups excluding tert-OH is 1. The zero-order valence-electron chi connectivity index (χ0n) is 14.7. The van der Waals surface area contributed by atoms with Crippen LogP contribution in [0.25, 0.3) is 0 Å². The number of hydrogen-bond donors (Lipinski definition) is 2. The molecule has 144 valence electrons. The molecule has 0 saturated carbocycles. The maximum absolute atomic E-state index is 10.4. The van der Waals surface area contributed by atoms with E-state index >= 15 is 0 Å². The molecule has 2 N–H and O–H groups in total. The molecule has 0 radical (unpaired) electrons. The molecule has 4 atom stereocenters. The molecule has 0 heterocycles. The maximum Gasteiger partial charge on any atom is 0.303 e. The zero-order chi connectivity index (χ0) is 18.4. The van der Waals surface area contributed by atoms with Gasteiger partial charge < -0.3 is 10.2 Å². The van der Waals surface area contributed by atoms with Gasteiger partial charge in [-0.1, -0.05) is 83.7 Å². The van der Waals surface area contributed by atoms with Gasteiger partial charge in [-0.25, -0.2) is 0 Å². The molecule has 0 spiro atoms. The lowest BCUT2D eigenvalue weighted by Gasteiger charge is -2.23. The second kappa shape index (κ2) is 15.9. The van der Waals surface area contributed by atoms with Gasteiger partial charge in [0.15, 0.2) is 0 Å².